The smallest absolute Gasteiger partial charge is 0.313 e. The number of nitrogens with one attached hydrogen (secondary N) is 2. The molecule has 0 atom stereocenters. The minimum atomic E-state index is -3.47. The van der Waals surface area contributed by atoms with E-state index in [1.165, 1.54) is 17.5 Å². The predicted molar refractivity (Wildman–Crippen MR) is 116 cm³/mol. The maximum Gasteiger partial charge on any atom is 0.313 e. The van der Waals surface area contributed by atoms with E-state index in [1.807, 2.05) is 0 Å². The average Bonchev–Trinajstić information content (AvgIpc) is 3.25. The summed E-state index contributed by atoms with van der Waals surface area (Å²) in [6.45, 7) is 0.602. The third-order valence-corrected chi connectivity index (χ3v) is 7.01. The van der Waals surface area contributed by atoms with E-state index in [-0.39, 0.29) is 24.8 Å². The Labute approximate surface area is 185 Å². The Morgan fingerprint density at radius 1 is 1.06 bits per heavy atom. The van der Waals surface area contributed by atoms with Crippen LogP contribution in [0.2, 0.25) is 0 Å². The predicted octanol–water partition coefficient (Wildman–Crippen LogP) is 1.61. The quantitative estimate of drug-likeness (QED) is 0.649. The molecule has 2 aromatic carbocycles. The van der Waals surface area contributed by atoms with Gasteiger partial charge >= 0.3 is 11.8 Å². The standard InChI is InChI=1S/C21H23N3O7S/c1-29-17-7-5-15(11-16(17)24-8-2-3-9-32(24,27)28)23-21(26)20(25)22-12-14-4-6-18-19(10-14)31-13-30-18/h4-7,10-11H,2-3,8-9,12-13H2,1H3,(H,22,25)(H,23,26). The van der Waals surface area contributed by atoms with Crippen molar-refractivity contribution in [3.8, 4) is 17.2 Å². The summed E-state index contributed by atoms with van der Waals surface area (Å²) in [5.74, 6) is -0.0761. The molecule has 2 aliphatic rings. The van der Waals surface area contributed by atoms with Gasteiger partial charge in [0.2, 0.25) is 16.8 Å². The molecule has 0 saturated carbocycles. The molecule has 11 heteroatoms. The molecule has 2 amide bonds. The molecule has 2 N–H and O–H groups in total. The Hall–Kier alpha value is -3.47. The summed E-state index contributed by atoms with van der Waals surface area (Å²) < 4.78 is 42.1. The first kappa shape index (κ1) is 21.8. The van der Waals surface area contributed by atoms with Gasteiger partial charge in [0.25, 0.3) is 0 Å². The second-order valence-electron chi connectivity index (χ2n) is 7.31. The zero-order valence-corrected chi connectivity index (χ0v) is 18.2. The lowest BCUT2D eigenvalue weighted by Crippen LogP contribution is -2.38. The van der Waals surface area contributed by atoms with Gasteiger partial charge in [-0.05, 0) is 48.7 Å². The van der Waals surface area contributed by atoms with Crippen LogP contribution in [-0.4, -0.2) is 46.4 Å². The molecular weight excluding hydrogens is 438 g/mol. The molecule has 2 aliphatic heterocycles. The molecule has 10 nitrogen and oxygen atoms in total. The first-order chi connectivity index (χ1) is 15.4. The van der Waals surface area contributed by atoms with Crippen LogP contribution in [0.15, 0.2) is 36.4 Å². The number of amides is 2. The van der Waals surface area contributed by atoms with Crippen LogP contribution < -0.4 is 29.1 Å². The van der Waals surface area contributed by atoms with E-state index in [1.54, 1.807) is 30.3 Å². The molecule has 0 bridgehead atoms. The van der Waals surface area contributed by atoms with E-state index < -0.39 is 21.8 Å². The molecule has 0 aromatic heterocycles. The van der Waals surface area contributed by atoms with Crippen molar-refractivity contribution in [1.29, 1.82) is 0 Å². The fourth-order valence-electron chi connectivity index (χ4n) is 3.52. The zero-order chi connectivity index (χ0) is 22.7. The molecule has 32 heavy (non-hydrogen) atoms. The Kier molecular flexibility index (Phi) is 6.08. The van der Waals surface area contributed by atoms with Crippen LogP contribution in [0.25, 0.3) is 0 Å². The van der Waals surface area contributed by atoms with Crippen LogP contribution in [0.5, 0.6) is 17.2 Å². The zero-order valence-electron chi connectivity index (χ0n) is 17.4. The number of ether oxygens (including phenoxy) is 3. The van der Waals surface area contributed by atoms with E-state index in [4.69, 9.17) is 14.2 Å². The van der Waals surface area contributed by atoms with E-state index in [0.29, 0.717) is 35.9 Å². The third-order valence-electron chi connectivity index (χ3n) is 5.15. The van der Waals surface area contributed by atoms with E-state index in [9.17, 15) is 18.0 Å². The van der Waals surface area contributed by atoms with Crippen molar-refractivity contribution < 1.29 is 32.2 Å². The van der Waals surface area contributed by atoms with Gasteiger partial charge in [-0.15, -0.1) is 0 Å². The number of nitrogens with zero attached hydrogens (tertiary/aromatic N) is 1. The molecule has 1 fully saturated rings. The Morgan fingerprint density at radius 2 is 1.88 bits per heavy atom. The van der Waals surface area contributed by atoms with Gasteiger partial charge in [0.05, 0.1) is 18.6 Å². The molecular formula is C21H23N3O7S. The van der Waals surface area contributed by atoms with E-state index in [2.05, 4.69) is 10.6 Å². The first-order valence-electron chi connectivity index (χ1n) is 10.0. The van der Waals surface area contributed by atoms with Gasteiger partial charge in [0.1, 0.15) is 5.75 Å². The Bertz CT molecular complexity index is 1150. The molecule has 2 heterocycles. The highest BCUT2D eigenvalue weighted by atomic mass is 32.2. The molecule has 0 spiro atoms. The number of sulfonamides is 1. The van der Waals surface area contributed by atoms with Crippen LogP contribution in [0, 0.1) is 0 Å². The minimum absolute atomic E-state index is 0.0506. The SMILES string of the molecule is COc1ccc(NC(=O)C(=O)NCc2ccc3c(c2)OCO3)cc1N1CCCCS1(=O)=O. The molecule has 2 aromatic rings. The lowest BCUT2D eigenvalue weighted by atomic mass is 10.2. The first-order valence-corrected chi connectivity index (χ1v) is 11.6. The van der Waals surface area contributed by atoms with Gasteiger partial charge in [-0.1, -0.05) is 6.07 Å². The lowest BCUT2D eigenvalue weighted by Gasteiger charge is -2.29. The van der Waals surface area contributed by atoms with Crippen LogP contribution in [0.4, 0.5) is 11.4 Å². The van der Waals surface area contributed by atoms with E-state index in [0.717, 1.165) is 12.0 Å². The number of benzene rings is 2. The largest absolute Gasteiger partial charge is 0.495 e. The van der Waals surface area contributed by atoms with Crippen molar-refractivity contribution in [2.24, 2.45) is 0 Å². The number of methoxy groups -OCH3 is 1. The maximum atomic E-state index is 12.5. The van der Waals surface area contributed by atoms with Crippen LogP contribution in [-0.2, 0) is 26.2 Å². The Balaban J connectivity index is 1.42. The summed E-state index contributed by atoms with van der Waals surface area (Å²) in [7, 11) is -2.03. The van der Waals surface area contributed by atoms with Crippen molar-refractivity contribution in [3.63, 3.8) is 0 Å². The van der Waals surface area contributed by atoms with Crippen molar-refractivity contribution in [3.05, 3.63) is 42.0 Å². The van der Waals surface area contributed by atoms with Gasteiger partial charge in [0.15, 0.2) is 11.5 Å². The number of hydrogen-bond donors (Lipinski definition) is 2. The fraction of sp³-hybridized carbons (Fsp3) is 0.333. The van der Waals surface area contributed by atoms with Crippen LogP contribution in [0.3, 0.4) is 0 Å². The van der Waals surface area contributed by atoms with Gasteiger partial charge in [0, 0.05) is 18.8 Å². The van der Waals surface area contributed by atoms with Crippen molar-refractivity contribution in [2.75, 3.05) is 35.8 Å². The minimum Gasteiger partial charge on any atom is -0.495 e. The second kappa shape index (κ2) is 8.95. The number of rotatable bonds is 5. The summed E-state index contributed by atoms with van der Waals surface area (Å²) in [5, 5.41) is 5.05. The molecule has 0 radical (unpaired) electrons. The van der Waals surface area contributed by atoms with Crippen molar-refractivity contribution in [2.45, 2.75) is 19.4 Å². The number of carbonyl (C=O) groups is 2. The summed E-state index contributed by atoms with van der Waals surface area (Å²) in [6, 6.07) is 9.82. The highest BCUT2D eigenvalue weighted by Crippen LogP contribution is 2.35. The van der Waals surface area contributed by atoms with Crippen molar-refractivity contribution >= 4 is 33.2 Å². The maximum absolute atomic E-state index is 12.5. The average molecular weight is 461 g/mol. The molecule has 0 aliphatic carbocycles. The highest BCUT2D eigenvalue weighted by molar-refractivity contribution is 7.92. The third kappa shape index (κ3) is 4.57. The van der Waals surface area contributed by atoms with Gasteiger partial charge in [-0.3, -0.25) is 13.9 Å². The second-order valence-corrected chi connectivity index (χ2v) is 9.32. The monoisotopic (exact) mass is 461 g/mol. The summed E-state index contributed by atoms with van der Waals surface area (Å²) >= 11 is 0. The number of anilines is 2. The normalized spacial score (nSPS) is 16.3. The van der Waals surface area contributed by atoms with Crippen LogP contribution in [0.1, 0.15) is 18.4 Å². The number of carbonyl (C=O) groups excluding carboxylic acids is 2. The molecule has 4 rings (SSSR count). The molecule has 0 unspecified atom stereocenters. The number of hydrogen-bond acceptors (Lipinski definition) is 7. The van der Waals surface area contributed by atoms with Gasteiger partial charge < -0.3 is 24.8 Å². The van der Waals surface area contributed by atoms with Crippen LogP contribution >= 0.6 is 0 Å². The Morgan fingerprint density at radius 3 is 2.66 bits per heavy atom. The van der Waals surface area contributed by atoms with Gasteiger partial charge in [-0.2, -0.15) is 0 Å². The summed E-state index contributed by atoms with van der Waals surface area (Å²) in [4.78, 5) is 24.6. The van der Waals surface area contributed by atoms with Gasteiger partial charge in [-0.25, -0.2) is 8.42 Å². The van der Waals surface area contributed by atoms with Crippen molar-refractivity contribution in [1.82, 2.24) is 5.32 Å². The van der Waals surface area contributed by atoms with E-state index >= 15 is 0 Å². The fourth-order valence-corrected chi connectivity index (χ4v) is 5.16. The molecule has 1 saturated heterocycles. The number of fused-ring (bicyclic) bond motifs is 1. The summed E-state index contributed by atoms with van der Waals surface area (Å²) in [5.41, 5.74) is 1.35. The molecule has 170 valence electrons. The summed E-state index contributed by atoms with van der Waals surface area (Å²) in [6.07, 6.45) is 1.32. The highest BCUT2D eigenvalue weighted by Gasteiger charge is 2.29. The topological polar surface area (TPSA) is 123 Å². The lowest BCUT2D eigenvalue weighted by molar-refractivity contribution is -0.136.